The van der Waals surface area contributed by atoms with Crippen molar-refractivity contribution in [3.05, 3.63) is 0 Å². The number of carbonyl (C=O) groups is 1. The molecule has 2 fully saturated rings. The summed E-state index contributed by atoms with van der Waals surface area (Å²) in [7, 11) is 0. The van der Waals surface area contributed by atoms with Crippen LogP contribution in [0.5, 0.6) is 0 Å². The van der Waals surface area contributed by atoms with Gasteiger partial charge in [-0.1, -0.05) is 39.0 Å². The highest BCUT2D eigenvalue weighted by atomic mass is 16.1. The number of carbonyl (C=O) groups excluding carboxylic acids is 1. The van der Waals surface area contributed by atoms with Gasteiger partial charge in [-0.15, -0.1) is 0 Å². The molecule has 0 spiro atoms. The van der Waals surface area contributed by atoms with Gasteiger partial charge in [0.2, 0.25) is 5.91 Å². The normalized spacial score (nSPS) is 33.6. The van der Waals surface area contributed by atoms with Gasteiger partial charge in [-0.3, -0.25) is 4.79 Å². The molecule has 122 valence electrons. The van der Waals surface area contributed by atoms with Gasteiger partial charge < -0.3 is 11.1 Å². The Bertz CT molecular complexity index is 318. The number of nitrogens with one attached hydrogen (secondary N) is 1. The third-order valence-corrected chi connectivity index (χ3v) is 5.52. The van der Waals surface area contributed by atoms with Gasteiger partial charge in [0, 0.05) is 19.0 Å². The lowest BCUT2D eigenvalue weighted by Gasteiger charge is -2.27. The van der Waals surface area contributed by atoms with Gasteiger partial charge in [-0.25, -0.2) is 0 Å². The van der Waals surface area contributed by atoms with Crippen LogP contribution in [0.25, 0.3) is 0 Å². The first-order valence-corrected chi connectivity index (χ1v) is 9.15. The van der Waals surface area contributed by atoms with Crippen molar-refractivity contribution in [1.29, 1.82) is 0 Å². The molecule has 4 unspecified atom stereocenters. The van der Waals surface area contributed by atoms with E-state index in [9.17, 15) is 4.79 Å². The molecule has 0 saturated heterocycles. The quantitative estimate of drug-likeness (QED) is 0.786. The summed E-state index contributed by atoms with van der Waals surface area (Å²) in [6.07, 6.45) is 13.2. The largest absolute Gasteiger partial charge is 0.356 e. The molecule has 4 atom stereocenters. The zero-order valence-electron chi connectivity index (χ0n) is 13.8. The monoisotopic (exact) mass is 294 g/mol. The van der Waals surface area contributed by atoms with E-state index in [4.69, 9.17) is 5.73 Å². The van der Waals surface area contributed by atoms with Gasteiger partial charge in [-0.2, -0.15) is 0 Å². The van der Waals surface area contributed by atoms with Crippen LogP contribution in [0.15, 0.2) is 0 Å². The van der Waals surface area contributed by atoms with Crippen LogP contribution in [0.1, 0.15) is 77.6 Å². The summed E-state index contributed by atoms with van der Waals surface area (Å²) >= 11 is 0. The first kappa shape index (κ1) is 16.8. The topological polar surface area (TPSA) is 55.1 Å². The molecule has 1 amide bonds. The van der Waals surface area contributed by atoms with Crippen LogP contribution in [-0.4, -0.2) is 18.5 Å². The van der Waals surface area contributed by atoms with Crippen molar-refractivity contribution >= 4 is 5.91 Å². The summed E-state index contributed by atoms with van der Waals surface area (Å²) in [6.45, 7) is 3.24. The van der Waals surface area contributed by atoms with Crippen molar-refractivity contribution in [2.24, 2.45) is 23.5 Å². The average Bonchev–Trinajstić information content (AvgIpc) is 2.45. The molecule has 2 aliphatic rings. The lowest BCUT2D eigenvalue weighted by atomic mass is 9.81. The lowest BCUT2D eigenvalue weighted by Crippen LogP contribution is -2.30. The Morgan fingerprint density at radius 1 is 1.05 bits per heavy atom. The molecule has 2 aliphatic carbocycles. The zero-order valence-corrected chi connectivity index (χ0v) is 13.8. The Morgan fingerprint density at radius 3 is 2.48 bits per heavy atom. The maximum Gasteiger partial charge on any atom is 0.220 e. The fourth-order valence-electron chi connectivity index (χ4n) is 4.26. The van der Waals surface area contributed by atoms with Gasteiger partial charge in [0.25, 0.3) is 0 Å². The molecule has 3 N–H and O–H groups in total. The molecule has 2 rings (SSSR count). The van der Waals surface area contributed by atoms with Crippen molar-refractivity contribution < 1.29 is 4.79 Å². The second-order valence-corrected chi connectivity index (χ2v) is 7.61. The molecule has 0 radical (unpaired) electrons. The van der Waals surface area contributed by atoms with Crippen LogP contribution >= 0.6 is 0 Å². The molecular formula is C18H34N2O. The second-order valence-electron chi connectivity index (χ2n) is 7.61. The van der Waals surface area contributed by atoms with E-state index in [0.29, 0.717) is 18.4 Å². The van der Waals surface area contributed by atoms with Crippen LogP contribution < -0.4 is 11.1 Å². The fraction of sp³-hybridized carbons (Fsp3) is 0.944. The van der Waals surface area contributed by atoms with Gasteiger partial charge in [0.05, 0.1) is 0 Å². The first-order chi connectivity index (χ1) is 10.1. The van der Waals surface area contributed by atoms with Gasteiger partial charge in [-0.05, 0) is 49.9 Å². The van der Waals surface area contributed by atoms with E-state index < -0.39 is 0 Å². The van der Waals surface area contributed by atoms with E-state index in [1.807, 2.05) is 0 Å². The third kappa shape index (κ3) is 6.37. The third-order valence-electron chi connectivity index (χ3n) is 5.52. The second kappa shape index (κ2) is 8.77. The molecule has 0 bridgehead atoms. The van der Waals surface area contributed by atoms with Crippen molar-refractivity contribution in [3.8, 4) is 0 Å². The molecule has 2 saturated carbocycles. The summed E-state index contributed by atoms with van der Waals surface area (Å²) < 4.78 is 0. The van der Waals surface area contributed by atoms with Crippen LogP contribution in [0.3, 0.4) is 0 Å². The zero-order chi connectivity index (χ0) is 15.1. The lowest BCUT2D eigenvalue weighted by molar-refractivity contribution is -0.121. The molecule has 21 heavy (non-hydrogen) atoms. The molecule has 0 aromatic carbocycles. The number of nitrogens with two attached hydrogens (primary N) is 1. The predicted molar refractivity (Wildman–Crippen MR) is 87.9 cm³/mol. The van der Waals surface area contributed by atoms with Crippen LogP contribution in [0.4, 0.5) is 0 Å². The minimum absolute atomic E-state index is 0.248. The summed E-state index contributed by atoms with van der Waals surface area (Å²) in [5.74, 6) is 2.65. The van der Waals surface area contributed by atoms with Crippen LogP contribution in [0.2, 0.25) is 0 Å². The Labute approximate surface area is 130 Å². The van der Waals surface area contributed by atoms with E-state index >= 15 is 0 Å². The van der Waals surface area contributed by atoms with Crippen molar-refractivity contribution in [1.82, 2.24) is 5.32 Å². The predicted octanol–water partition coefficient (Wildman–Crippen LogP) is 3.62. The van der Waals surface area contributed by atoms with Crippen molar-refractivity contribution in [2.45, 2.75) is 83.6 Å². The highest BCUT2D eigenvalue weighted by Gasteiger charge is 2.20. The summed E-state index contributed by atoms with van der Waals surface area (Å²) in [5.41, 5.74) is 6.00. The summed E-state index contributed by atoms with van der Waals surface area (Å²) in [6, 6.07) is 0.375. The van der Waals surface area contributed by atoms with Crippen molar-refractivity contribution in [3.63, 3.8) is 0 Å². The Hall–Kier alpha value is -0.570. The molecule has 0 heterocycles. The van der Waals surface area contributed by atoms with Gasteiger partial charge in [0.15, 0.2) is 0 Å². The summed E-state index contributed by atoms with van der Waals surface area (Å²) in [4.78, 5) is 11.9. The van der Waals surface area contributed by atoms with E-state index in [1.165, 1.54) is 51.4 Å². The highest BCUT2D eigenvalue weighted by Crippen LogP contribution is 2.30. The maximum atomic E-state index is 11.9. The Balaban J connectivity index is 1.53. The number of rotatable bonds is 6. The standard InChI is InChI=1S/C18H34N2O/c1-14-4-2-5-16(12-14)10-11-20-18(21)9-8-15-6-3-7-17(19)13-15/h14-17H,2-13,19H2,1H3,(H,20,21). The summed E-state index contributed by atoms with van der Waals surface area (Å²) in [5, 5.41) is 3.13. The Morgan fingerprint density at radius 2 is 1.76 bits per heavy atom. The number of hydrogen-bond acceptors (Lipinski definition) is 2. The molecule has 0 aromatic rings. The Kier molecular flexibility index (Phi) is 7.01. The maximum absolute atomic E-state index is 11.9. The minimum atomic E-state index is 0.248. The molecular weight excluding hydrogens is 260 g/mol. The number of hydrogen-bond donors (Lipinski definition) is 2. The van der Waals surface area contributed by atoms with Crippen molar-refractivity contribution in [2.75, 3.05) is 6.54 Å². The average molecular weight is 294 g/mol. The van der Waals surface area contributed by atoms with Crippen LogP contribution in [0, 0.1) is 17.8 Å². The van der Waals surface area contributed by atoms with E-state index in [0.717, 1.165) is 31.2 Å². The smallest absolute Gasteiger partial charge is 0.220 e. The SMILES string of the molecule is CC1CCCC(CCNC(=O)CCC2CCCC(N)C2)C1. The van der Waals surface area contributed by atoms with E-state index in [2.05, 4.69) is 12.2 Å². The molecule has 3 nitrogen and oxygen atoms in total. The molecule has 0 aromatic heterocycles. The minimum Gasteiger partial charge on any atom is -0.356 e. The first-order valence-electron chi connectivity index (χ1n) is 9.15. The van der Waals surface area contributed by atoms with E-state index in [-0.39, 0.29) is 5.91 Å². The van der Waals surface area contributed by atoms with Crippen LogP contribution in [-0.2, 0) is 4.79 Å². The highest BCUT2D eigenvalue weighted by molar-refractivity contribution is 5.75. The van der Waals surface area contributed by atoms with Gasteiger partial charge in [0.1, 0.15) is 0 Å². The van der Waals surface area contributed by atoms with Gasteiger partial charge >= 0.3 is 0 Å². The molecule has 0 aliphatic heterocycles. The number of amides is 1. The molecule has 3 heteroatoms. The van der Waals surface area contributed by atoms with E-state index in [1.54, 1.807) is 0 Å². The fourth-order valence-corrected chi connectivity index (χ4v) is 4.26.